The molecular formula is C24H20ClN3O2. The number of nitrogens with one attached hydrogen (secondary N) is 1. The number of carbonyl (C=O) groups is 1. The number of para-hydroxylation sites is 1. The highest BCUT2D eigenvalue weighted by molar-refractivity contribution is 6.32. The van der Waals surface area contributed by atoms with Crippen LogP contribution < -0.4 is 5.43 Å². The molecule has 6 heteroatoms. The number of amides is 1. The molecule has 150 valence electrons. The van der Waals surface area contributed by atoms with Crippen LogP contribution in [0.3, 0.4) is 0 Å². The van der Waals surface area contributed by atoms with Crippen LogP contribution in [0.25, 0.3) is 16.5 Å². The number of phenolic OH excluding ortho intramolecular Hbond substituents is 1. The molecule has 1 amide bonds. The highest BCUT2D eigenvalue weighted by Gasteiger charge is 2.13. The number of fused-ring (bicyclic) bond motifs is 1. The Morgan fingerprint density at radius 2 is 1.70 bits per heavy atom. The Bertz CT molecular complexity index is 1290. The summed E-state index contributed by atoms with van der Waals surface area (Å²) in [5.74, 6) is -0.562. The highest BCUT2D eigenvalue weighted by atomic mass is 35.5. The Hall–Kier alpha value is -3.57. The molecule has 0 saturated carbocycles. The molecule has 4 rings (SSSR count). The van der Waals surface area contributed by atoms with Crippen molar-refractivity contribution in [2.24, 2.45) is 5.10 Å². The Morgan fingerprint density at radius 1 is 1.03 bits per heavy atom. The Labute approximate surface area is 179 Å². The fourth-order valence-electron chi connectivity index (χ4n) is 3.55. The van der Waals surface area contributed by atoms with E-state index >= 15 is 0 Å². The van der Waals surface area contributed by atoms with Gasteiger partial charge >= 0.3 is 0 Å². The Balaban J connectivity index is 1.57. The fourth-order valence-corrected chi connectivity index (χ4v) is 3.77. The van der Waals surface area contributed by atoms with Crippen molar-refractivity contribution in [3.05, 3.63) is 94.3 Å². The highest BCUT2D eigenvalue weighted by Crippen LogP contribution is 2.26. The van der Waals surface area contributed by atoms with Crippen molar-refractivity contribution >= 4 is 34.5 Å². The van der Waals surface area contributed by atoms with Crippen LogP contribution in [0.4, 0.5) is 0 Å². The van der Waals surface area contributed by atoms with Gasteiger partial charge in [-0.05, 0) is 55.0 Å². The van der Waals surface area contributed by atoms with E-state index in [2.05, 4.69) is 10.5 Å². The summed E-state index contributed by atoms with van der Waals surface area (Å²) in [6.45, 7) is 3.95. The zero-order chi connectivity index (χ0) is 21.3. The first-order valence-electron chi connectivity index (χ1n) is 9.44. The molecule has 5 nitrogen and oxygen atoms in total. The molecule has 1 heterocycles. The molecule has 0 saturated heterocycles. The molecule has 0 aliphatic carbocycles. The first kappa shape index (κ1) is 19.7. The molecule has 2 N–H and O–H groups in total. The largest absolute Gasteiger partial charge is 0.507 e. The maximum Gasteiger partial charge on any atom is 0.275 e. The molecule has 0 unspecified atom stereocenters. The molecule has 0 radical (unpaired) electrons. The van der Waals surface area contributed by atoms with Crippen LogP contribution in [-0.4, -0.2) is 21.8 Å². The summed E-state index contributed by atoms with van der Waals surface area (Å²) >= 11 is 6.35. The van der Waals surface area contributed by atoms with Crippen molar-refractivity contribution in [3.63, 3.8) is 0 Å². The van der Waals surface area contributed by atoms with Gasteiger partial charge in [-0.2, -0.15) is 5.10 Å². The molecular weight excluding hydrogens is 398 g/mol. The first-order chi connectivity index (χ1) is 14.5. The number of carbonyl (C=O) groups excluding carboxylic acids is 1. The van der Waals surface area contributed by atoms with Gasteiger partial charge in [0.25, 0.3) is 5.91 Å². The van der Waals surface area contributed by atoms with E-state index in [0.717, 1.165) is 33.4 Å². The molecule has 4 aromatic rings. The van der Waals surface area contributed by atoms with E-state index in [9.17, 15) is 9.90 Å². The fraction of sp³-hybridized carbons (Fsp3) is 0.0833. The van der Waals surface area contributed by atoms with Gasteiger partial charge in [-0.15, -0.1) is 0 Å². The predicted octanol–water partition coefficient (Wildman–Crippen LogP) is 5.37. The summed E-state index contributed by atoms with van der Waals surface area (Å²) in [6.07, 6.45) is 1.59. The molecule has 0 fully saturated rings. The molecule has 30 heavy (non-hydrogen) atoms. The van der Waals surface area contributed by atoms with Crippen molar-refractivity contribution < 1.29 is 9.90 Å². The zero-order valence-corrected chi connectivity index (χ0v) is 17.3. The lowest BCUT2D eigenvalue weighted by atomic mass is 10.1. The van der Waals surface area contributed by atoms with Gasteiger partial charge in [-0.3, -0.25) is 4.79 Å². The minimum absolute atomic E-state index is 0.0849. The van der Waals surface area contributed by atoms with Crippen LogP contribution in [0.2, 0.25) is 5.02 Å². The zero-order valence-electron chi connectivity index (χ0n) is 16.6. The average molecular weight is 418 g/mol. The van der Waals surface area contributed by atoms with Crippen molar-refractivity contribution in [2.45, 2.75) is 13.8 Å². The first-order valence-corrected chi connectivity index (χ1v) is 9.82. The van der Waals surface area contributed by atoms with Crippen LogP contribution in [0.1, 0.15) is 27.3 Å². The number of hydrazone groups is 1. The standard InChI is InChI=1S/C24H20ClN3O2/c1-15-11-19(16(2)28(15)22-10-6-5-9-21(22)25)14-26-27-24(30)20-12-17-7-3-4-8-18(17)13-23(20)29/h3-14,29H,1-2H3,(H,27,30)/b26-14-. The number of benzene rings is 3. The van der Waals surface area contributed by atoms with Crippen molar-refractivity contribution in [2.75, 3.05) is 0 Å². The minimum atomic E-state index is -0.477. The van der Waals surface area contributed by atoms with Crippen LogP contribution in [0.15, 0.2) is 71.8 Å². The lowest BCUT2D eigenvalue weighted by molar-refractivity contribution is 0.0952. The van der Waals surface area contributed by atoms with E-state index in [0.29, 0.717) is 5.02 Å². The number of aromatic hydroxyl groups is 1. The van der Waals surface area contributed by atoms with Gasteiger partial charge in [0.15, 0.2) is 0 Å². The van der Waals surface area contributed by atoms with Crippen molar-refractivity contribution in [1.29, 1.82) is 0 Å². The van der Waals surface area contributed by atoms with Crippen LogP contribution in [0.5, 0.6) is 5.75 Å². The third-order valence-electron chi connectivity index (χ3n) is 5.04. The summed E-state index contributed by atoms with van der Waals surface area (Å²) < 4.78 is 2.04. The smallest absolute Gasteiger partial charge is 0.275 e. The summed E-state index contributed by atoms with van der Waals surface area (Å²) in [5.41, 5.74) is 6.37. The molecule has 0 aliphatic heterocycles. The van der Waals surface area contributed by atoms with Gasteiger partial charge in [-0.25, -0.2) is 5.43 Å². The summed E-state index contributed by atoms with van der Waals surface area (Å²) in [4.78, 5) is 12.5. The van der Waals surface area contributed by atoms with Gasteiger partial charge in [0.1, 0.15) is 5.75 Å². The molecule has 0 atom stereocenters. The second kappa shape index (κ2) is 8.05. The third-order valence-corrected chi connectivity index (χ3v) is 5.36. The monoisotopic (exact) mass is 417 g/mol. The third kappa shape index (κ3) is 3.67. The van der Waals surface area contributed by atoms with Gasteiger partial charge in [-0.1, -0.05) is 48.0 Å². The minimum Gasteiger partial charge on any atom is -0.507 e. The number of nitrogens with zero attached hydrogens (tertiary/aromatic N) is 2. The number of rotatable bonds is 4. The number of hydrogen-bond acceptors (Lipinski definition) is 3. The molecule has 3 aromatic carbocycles. The number of phenols is 1. The van der Waals surface area contributed by atoms with Crippen LogP contribution >= 0.6 is 11.6 Å². The number of aryl methyl sites for hydroxylation is 1. The maximum absolute atomic E-state index is 12.5. The quantitative estimate of drug-likeness (QED) is 0.346. The molecule has 0 spiro atoms. The summed E-state index contributed by atoms with van der Waals surface area (Å²) in [7, 11) is 0. The van der Waals surface area contributed by atoms with Gasteiger partial charge in [0.05, 0.1) is 22.5 Å². The summed E-state index contributed by atoms with van der Waals surface area (Å²) in [5, 5.41) is 16.7. The van der Waals surface area contributed by atoms with E-state index in [-0.39, 0.29) is 11.3 Å². The Kier molecular flexibility index (Phi) is 5.29. The van der Waals surface area contributed by atoms with Gasteiger partial charge < -0.3 is 9.67 Å². The Morgan fingerprint density at radius 3 is 2.43 bits per heavy atom. The van der Waals surface area contributed by atoms with Crippen LogP contribution in [0, 0.1) is 13.8 Å². The normalized spacial score (nSPS) is 11.3. The number of aromatic nitrogens is 1. The van der Waals surface area contributed by atoms with Gasteiger partial charge in [0.2, 0.25) is 0 Å². The van der Waals surface area contributed by atoms with Crippen molar-refractivity contribution in [3.8, 4) is 11.4 Å². The van der Waals surface area contributed by atoms with E-state index in [1.807, 2.05) is 73.0 Å². The van der Waals surface area contributed by atoms with Crippen LogP contribution in [-0.2, 0) is 0 Å². The molecule has 0 bridgehead atoms. The van der Waals surface area contributed by atoms with E-state index in [1.165, 1.54) is 0 Å². The second-order valence-corrected chi connectivity index (χ2v) is 7.44. The van der Waals surface area contributed by atoms with Crippen molar-refractivity contribution in [1.82, 2.24) is 9.99 Å². The van der Waals surface area contributed by atoms with E-state index in [4.69, 9.17) is 11.6 Å². The van der Waals surface area contributed by atoms with Gasteiger partial charge in [0, 0.05) is 17.0 Å². The van der Waals surface area contributed by atoms with E-state index in [1.54, 1.807) is 18.3 Å². The number of hydrogen-bond donors (Lipinski definition) is 2. The van der Waals surface area contributed by atoms with E-state index < -0.39 is 5.91 Å². The summed E-state index contributed by atoms with van der Waals surface area (Å²) in [6, 6.07) is 20.4. The SMILES string of the molecule is Cc1cc(/C=N\NC(=O)c2cc3ccccc3cc2O)c(C)n1-c1ccccc1Cl. The topological polar surface area (TPSA) is 66.6 Å². The lowest BCUT2D eigenvalue weighted by Crippen LogP contribution is -2.17. The predicted molar refractivity (Wildman–Crippen MR) is 121 cm³/mol. The maximum atomic E-state index is 12.5. The molecule has 0 aliphatic rings. The average Bonchev–Trinajstić information content (AvgIpc) is 3.01. The second-order valence-electron chi connectivity index (χ2n) is 7.03. The molecule has 1 aromatic heterocycles. The lowest BCUT2D eigenvalue weighted by Gasteiger charge is -2.11. The number of halogens is 1.